The van der Waals surface area contributed by atoms with Gasteiger partial charge in [-0.25, -0.2) is 9.18 Å². The molecule has 1 rings (SSSR count). The summed E-state index contributed by atoms with van der Waals surface area (Å²) in [5.41, 5.74) is 0.378. The van der Waals surface area contributed by atoms with E-state index in [1.165, 1.54) is 12.1 Å². The molecule has 1 aromatic rings. The van der Waals surface area contributed by atoms with Crippen molar-refractivity contribution < 1.29 is 19.1 Å². The number of hydrogen-bond donors (Lipinski definition) is 1. The van der Waals surface area contributed by atoms with Gasteiger partial charge in [-0.05, 0) is 31.1 Å². The van der Waals surface area contributed by atoms with Crippen molar-refractivity contribution in [2.24, 2.45) is 5.92 Å². The molecule has 0 radical (unpaired) electrons. The van der Waals surface area contributed by atoms with Gasteiger partial charge in [0.15, 0.2) is 0 Å². The first-order valence-electron chi connectivity index (χ1n) is 6.71. The lowest BCUT2D eigenvalue weighted by Gasteiger charge is -2.28. The Hall–Kier alpha value is -2.17. The molecule has 5 heteroatoms. The number of halogens is 1. The van der Waals surface area contributed by atoms with E-state index in [9.17, 15) is 14.0 Å². The van der Waals surface area contributed by atoms with Gasteiger partial charge in [-0.1, -0.05) is 19.9 Å². The van der Waals surface area contributed by atoms with Crippen molar-refractivity contribution in [1.29, 1.82) is 0 Å². The van der Waals surface area contributed by atoms with E-state index in [1.54, 1.807) is 11.9 Å². The second-order valence-electron chi connectivity index (χ2n) is 5.31. The Morgan fingerprint density at radius 2 is 1.90 bits per heavy atom. The van der Waals surface area contributed by atoms with Crippen molar-refractivity contribution in [3.8, 4) is 0 Å². The van der Waals surface area contributed by atoms with E-state index >= 15 is 0 Å². The zero-order valence-corrected chi connectivity index (χ0v) is 12.6. The van der Waals surface area contributed by atoms with Crippen LogP contribution in [0, 0.1) is 11.7 Å². The number of benzene rings is 1. The van der Waals surface area contributed by atoms with Gasteiger partial charge in [-0.15, -0.1) is 0 Å². The number of carboxylic acid groups (broad SMARTS) is 1. The summed E-state index contributed by atoms with van der Waals surface area (Å²) in [6, 6.07) is 4.06. The topological polar surface area (TPSA) is 57.6 Å². The highest BCUT2D eigenvalue weighted by Crippen LogP contribution is 2.16. The van der Waals surface area contributed by atoms with E-state index in [2.05, 4.69) is 0 Å². The van der Waals surface area contributed by atoms with E-state index in [0.29, 0.717) is 5.92 Å². The predicted molar refractivity (Wildman–Crippen MR) is 79.5 cm³/mol. The number of carbonyl (C=O) groups is 2. The number of carbonyl (C=O) groups excluding carboxylic acids is 1. The monoisotopic (exact) mass is 293 g/mol. The Kier molecular flexibility index (Phi) is 5.64. The van der Waals surface area contributed by atoms with Crippen LogP contribution in [0.1, 0.15) is 36.7 Å². The molecule has 0 heterocycles. The van der Waals surface area contributed by atoms with E-state index < -0.39 is 11.8 Å². The number of nitrogens with zero attached hydrogens (tertiary/aromatic N) is 1. The van der Waals surface area contributed by atoms with Crippen LogP contribution >= 0.6 is 0 Å². The minimum Gasteiger partial charge on any atom is -0.478 e. The molecule has 114 valence electrons. The van der Waals surface area contributed by atoms with Crippen LogP contribution in [0.4, 0.5) is 4.39 Å². The van der Waals surface area contributed by atoms with Gasteiger partial charge in [0.1, 0.15) is 5.82 Å². The fraction of sp³-hybridized carbons (Fsp3) is 0.375. The highest BCUT2D eigenvalue weighted by Gasteiger charge is 2.20. The Morgan fingerprint density at radius 3 is 2.38 bits per heavy atom. The summed E-state index contributed by atoms with van der Waals surface area (Å²) >= 11 is 0. The normalized spacial score (nSPS) is 12.7. The van der Waals surface area contributed by atoms with E-state index in [1.807, 2.05) is 20.8 Å². The van der Waals surface area contributed by atoms with Crippen molar-refractivity contribution in [3.63, 3.8) is 0 Å². The van der Waals surface area contributed by atoms with Crippen LogP contribution in [0.25, 0.3) is 6.08 Å². The average Bonchev–Trinajstić information content (AvgIpc) is 2.43. The number of carboxylic acids is 1. The molecule has 1 unspecified atom stereocenters. The molecule has 0 saturated carbocycles. The summed E-state index contributed by atoms with van der Waals surface area (Å²) in [4.78, 5) is 24.3. The molecular weight excluding hydrogens is 273 g/mol. The fourth-order valence-electron chi connectivity index (χ4n) is 1.79. The first-order chi connectivity index (χ1) is 9.73. The van der Waals surface area contributed by atoms with Crippen LogP contribution in [0.2, 0.25) is 0 Å². The maximum atomic E-state index is 13.9. The molecule has 0 fully saturated rings. The molecule has 4 nitrogen and oxygen atoms in total. The van der Waals surface area contributed by atoms with Crippen molar-refractivity contribution in [2.75, 3.05) is 7.05 Å². The largest absolute Gasteiger partial charge is 0.478 e. The number of rotatable bonds is 5. The molecular formula is C16H20FNO3. The first-order valence-corrected chi connectivity index (χ1v) is 6.71. The first kappa shape index (κ1) is 16.9. The van der Waals surface area contributed by atoms with Gasteiger partial charge < -0.3 is 10.0 Å². The quantitative estimate of drug-likeness (QED) is 0.849. The summed E-state index contributed by atoms with van der Waals surface area (Å²) in [6.07, 6.45) is 2.01. The van der Waals surface area contributed by atoms with Gasteiger partial charge in [0, 0.05) is 30.3 Å². The Balaban J connectivity index is 2.98. The van der Waals surface area contributed by atoms with Gasteiger partial charge in [0.05, 0.1) is 0 Å². The maximum absolute atomic E-state index is 13.9. The minimum atomic E-state index is -1.15. The molecule has 0 aliphatic rings. The lowest BCUT2D eigenvalue weighted by molar-refractivity contribution is -0.131. The third-order valence-corrected chi connectivity index (χ3v) is 3.55. The smallest absolute Gasteiger partial charge is 0.328 e. The van der Waals surface area contributed by atoms with E-state index in [0.717, 1.165) is 18.2 Å². The predicted octanol–water partition coefficient (Wildman–Crippen LogP) is 3.04. The van der Waals surface area contributed by atoms with Crippen molar-refractivity contribution >= 4 is 18.0 Å². The van der Waals surface area contributed by atoms with Gasteiger partial charge >= 0.3 is 5.97 Å². The summed E-state index contributed by atoms with van der Waals surface area (Å²) < 4.78 is 13.9. The third-order valence-electron chi connectivity index (χ3n) is 3.55. The van der Waals surface area contributed by atoms with Crippen LogP contribution in [0.5, 0.6) is 0 Å². The molecule has 0 spiro atoms. The van der Waals surface area contributed by atoms with Crippen LogP contribution in [-0.4, -0.2) is 35.0 Å². The van der Waals surface area contributed by atoms with Gasteiger partial charge in [-0.3, -0.25) is 4.79 Å². The summed E-state index contributed by atoms with van der Waals surface area (Å²) in [5, 5.41) is 8.52. The number of amides is 1. The summed E-state index contributed by atoms with van der Waals surface area (Å²) in [5.74, 6) is -1.74. The van der Waals surface area contributed by atoms with Crippen molar-refractivity contribution in [1.82, 2.24) is 4.90 Å². The third kappa shape index (κ3) is 4.41. The highest BCUT2D eigenvalue weighted by atomic mass is 19.1. The summed E-state index contributed by atoms with van der Waals surface area (Å²) in [7, 11) is 1.68. The molecule has 0 aliphatic heterocycles. The lowest BCUT2D eigenvalue weighted by atomic mass is 10.0. The zero-order chi connectivity index (χ0) is 16.2. The molecule has 1 atom stereocenters. The van der Waals surface area contributed by atoms with Crippen LogP contribution in [0.15, 0.2) is 24.3 Å². The maximum Gasteiger partial charge on any atom is 0.328 e. The highest BCUT2D eigenvalue weighted by molar-refractivity contribution is 5.94. The minimum absolute atomic E-state index is 0.0344. The standard InChI is InChI=1S/C16H20FNO3/c1-10(2)11(3)18(4)16(21)13-6-5-12(14(17)9-13)7-8-15(19)20/h5-11H,1-4H3,(H,19,20). The molecule has 0 bridgehead atoms. The van der Waals surface area contributed by atoms with Crippen LogP contribution in [0.3, 0.4) is 0 Å². The van der Waals surface area contributed by atoms with Crippen molar-refractivity contribution in [2.45, 2.75) is 26.8 Å². The van der Waals surface area contributed by atoms with E-state index in [-0.39, 0.29) is 23.1 Å². The SMILES string of the molecule is CC(C)C(C)N(C)C(=O)c1ccc(C=CC(=O)O)c(F)c1. The van der Waals surface area contributed by atoms with Gasteiger partial charge in [0.2, 0.25) is 0 Å². The lowest BCUT2D eigenvalue weighted by Crippen LogP contribution is -2.38. The fourth-order valence-corrected chi connectivity index (χ4v) is 1.79. The van der Waals surface area contributed by atoms with Gasteiger partial charge in [-0.2, -0.15) is 0 Å². The Labute approximate surface area is 123 Å². The second kappa shape index (κ2) is 7.02. The van der Waals surface area contributed by atoms with Crippen molar-refractivity contribution in [3.05, 3.63) is 41.2 Å². The summed E-state index contributed by atoms with van der Waals surface area (Å²) in [6.45, 7) is 5.95. The molecule has 1 amide bonds. The second-order valence-corrected chi connectivity index (χ2v) is 5.31. The molecule has 0 aliphatic carbocycles. The number of hydrogen-bond acceptors (Lipinski definition) is 2. The van der Waals surface area contributed by atoms with E-state index in [4.69, 9.17) is 5.11 Å². The number of aliphatic carboxylic acids is 1. The van der Waals surface area contributed by atoms with Crippen LogP contribution < -0.4 is 0 Å². The Bertz CT molecular complexity index is 567. The Morgan fingerprint density at radius 1 is 1.29 bits per heavy atom. The molecule has 1 aromatic carbocycles. The molecule has 1 N–H and O–H groups in total. The van der Waals surface area contributed by atoms with Gasteiger partial charge in [0.25, 0.3) is 5.91 Å². The van der Waals surface area contributed by atoms with Crippen LogP contribution in [-0.2, 0) is 4.79 Å². The molecule has 0 saturated heterocycles. The zero-order valence-electron chi connectivity index (χ0n) is 12.6. The molecule has 21 heavy (non-hydrogen) atoms. The molecule has 0 aromatic heterocycles. The average molecular weight is 293 g/mol.